The van der Waals surface area contributed by atoms with Gasteiger partial charge in [-0.15, -0.1) is 10.2 Å². The Balaban J connectivity index is 1.93. The summed E-state index contributed by atoms with van der Waals surface area (Å²) in [4.78, 5) is 36.7. The van der Waals surface area contributed by atoms with Gasteiger partial charge >= 0.3 is 0 Å². The zero-order valence-corrected chi connectivity index (χ0v) is 14.6. The quantitative estimate of drug-likeness (QED) is 0.674. The molecule has 0 bridgehead atoms. The van der Waals surface area contributed by atoms with E-state index in [1.807, 2.05) is 32.0 Å². The number of carbonyl (C=O) groups excluding carboxylic acids is 2. The zero-order valence-electron chi connectivity index (χ0n) is 13.8. The van der Waals surface area contributed by atoms with Crippen molar-refractivity contribution in [2.75, 3.05) is 11.1 Å². The van der Waals surface area contributed by atoms with Gasteiger partial charge in [0.05, 0.1) is 5.75 Å². The van der Waals surface area contributed by atoms with Crippen molar-refractivity contribution >= 4 is 29.3 Å². The number of aliphatic carboxylic acids is 1. The van der Waals surface area contributed by atoms with E-state index >= 15 is 0 Å². The van der Waals surface area contributed by atoms with E-state index in [0.29, 0.717) is 0 Å². The highest BCUT2D eigenvalue weighted by Gasteiger charge is 2.10. The van der Waals surface area contributed by atoms with Crippen molar-refractivity contribution < 1.29 is 14.7 Å². The molecule has 0 aliphatic heterocycles. The van der Waals surface area contributed by atoms with Crippen LogP contribution in [-0.2, 0) is 16.0 Å². The summed E-state index contributed by atoms with van der Waals surface area (Å²) < 4.78 is 0. The van der Waals surface area contributed by atoms with Gasteiger partial charge in [-0.1, -0.05) is 23.9 Å². The molecule has 0 fully saturated rings. The van der Waals surface area contributed by atoms with Crippen molar-refractivity contribution in [1.82, 2.24) is 15.2 Å². The van der Waals surface area contributed by atoms with Gasteiger partial charge in [0.1, 0.15) is 5.69 Å². The molecule has 0 aliphatic carbocycles. The lowest BCUT2D eigenvalue weighted by Crippen LogP contribution is -2.25. The first-order valence-electron chi connectivity index (χ1n) is 7.51. The Morgan fingerprint density at radius 3 is 2.72 bits per heavy atom. The Morgan fingerprint density at radius 2 is 2.04 bits per heavy atom. The van der Waals surface area contributed by atoms with Crippen LogP contribution in [0, 0.1) is 13.8 Å². The second-order valence-corrected chi connectivity index (χ2v) is 6.33. The van der Waals surface area contributed by atoms with Crippen LogP contribution in [0.1, 0.15) is 23.2 Å². The van der Waals surface area contributed by atoms with Gasteiger partial charge in [0.2, 0.25) is 5.91 Å². The summed E-state index contributed by atoms with van der Waals surface area (Å²) >= 11 is 1.04. The van der Waals surface area contributed by atoms with Crippen molar-refractivity contribution in [3.8, 4) is 0 Å². The predicted octanol–water partition coefficient (Wildman–Crippen LogP) is 0.195. The van der Waals surface area contributed by atoms with Crippen molar-refractivity contribution in [1.29, 1.82) is 0 Å². The monoisotopic (exact) mass is 361 g/mol. The minimum Gasteiger partial charge on any atom is -0.550 e. The molecule has 0 aliphatic rings. The summed E-state index contributed by atoms with van der Waals surface area (Å²) in [5.74, 6) is -1.44. The maximum Gasteiger partial charge on any atom is 0.273 e. The lowest BCUT2D eigenvalue weighted by molar-refractivity contribution is -0.305. The number of nitrogens with one attached hydrogen (secondary N) is 2. The number of benzene rings is 1. The summed E-state index contributed by atoms with van der Waals surface area (Å²) in [6.45, 7) is 3.88. The number of aryl methyl sites for hydroxylation is 2. The second-order valence-electron chi connectivity index (χ2n) is 5.36. The molecular formula is C16H17N4O4S-. The Kier molecular flexibility index (Phi) is 6.29. The van der Waals surface area contributed by atoms with E-state index in [1.54, 1.807) is 0 Å². The van der Waals surface area contributed by atoms with Crippen LogP contribution < -0.4 is 16.0 Å². The topological polar surface area (TPSA) is 128 Å². The molecule has 8 nitrogen and oxygen atoms in total. The molecule has 0 atom stereocenters. The number of rotatable bonds is 7. The summed E-state index contributed by atoms with van der Waals surface area (Å²) in [7, 11) is 0. The molecule has 0 saturated heterocycles. The van der Waals surface area contributed by atoms with E-state index < -0.39 is 11.5 Å². The Bertz CT molecular complexity index is 850. The molecule has 9 heteroatoms. The molecular weight excluding hydrogens is 344 g/mol. The fourth-order valence-electron chi connectivity index (χ4n) is 2.00. The van der Waals surface area contributed by atoms with Gasteiger partial charge in [0.15, 0.2) is 5.16 Å². The fourth-order valence-corrected chi connectivity index (χ4v) is 2.60. The van der Waals surface area contributed by atoms with Crippen LogP contribution in [0.5, 0.6) is 0 Å². The van der Waals surface area contributed by atoms with Gasteiger partial charge in [-0.25, -0.2) is 0 Å². The molecule has 0 saturated carbocycles. The van der Waals surface area contributed by atoms with E-state index in [4.69, 9.17) is 0 Å². The van der Waals surface area contributed by atoms with Crippen molar-refractivity contribution in [2.24, 2.45) is 0 Å². The minimum absolute atomic E-state index is 0.0217. The molecule has 1 aromatic heterocycles. The van der Waals surface area contributed by atoms with Crippen LogP contribution in [0.15, 0.2) is 28.2 Å². The number of nitrogens with zero attached hydrogens (tertiary/aromatic N) is 2. The predicted molar refractivity (Wildman–Crippen MR) is 91.3 cm³/mol. The lowest BCUT2D eigenvalue weighted by Gasteiger charge is -2.10. The number of anilines is 1. The highest BCUT2D eigenvalue weighted by molar-refractivity contribution is 7.99. The van der Waals surface area contributed by atoms with Crippen molar-refractivity contribution in [2.45, 2.75) is 31.8 Å². The first-order valence-corrected chi connectivity index (χ1v) is 8.50. The molecule has 0 radical (unpaired) electrons. The number of aromatic amines is 1. The van der Waals surface area contributed by atoms with Crippen molar-refractivity contribution in [3.05, 3.63) is 45.4 Å². The molecule has 1 aromatic carbocycles. The first-order chi connectivity index (χ1) is 11.9. The molecule has 25 heavy (non-hydrogen) atoms. The van der Waals surface area contributed by atoms with Gasteiger partial charge in [-0.2, -0.15) is 0 Å². The average Bonchev–Trinajstić information content (AvgIpc) is 2.56. The Morgan fingerprint density at radius 1 is 1.28 bits per heavy atom. The first kappa shape index (κ1) is 18.7. The molecule has 0 unspecified atom stereocenters. The molecule has 0 spiro atoms. The third-order valence-corrected chi connectivity index (χ3v) is 4.39. The van der Waals surface area contributed by atoms with E-state index in [2.05, 4.69) is 20.5 Å². The molecule has 1 amide bonds. The average molecular weight is 361 g/mol. The third-order valence-electron chi connectivity index (χ3n) is 3.53. The molecule has 132 valence electrons. The Hall–Kier alpha value is -2.68. The molecule has 2 rings (SSSR count). The number of carboxylic acid groups (broad SMARTS) is 1. The minimum atomic E-state index is -1.26. The maximum atomic E-state index is 12.0. The lowest BCUT2D eigenvalue weighted by atomic mass is 10.1. The fraction of sp³-hybridized carbons (Fsp3) is 0.312. The van der Waals surface area contributed by atoms with Crippen molar-refractivity contribution in [3.63, 3.8) is 0 Å². The summed E-state index contributed by atoms with van der Waals surface area (Å²) in [6.07, 6.45) is -0.356. The van der Waals surface area contributed by atoms with E-state index in [1.165, 1.54) is 0 Å². The number of hydrogen-bond acceptors (Lipinski definition) is 7. The van der Waals surface area contributed by atoms with E-state index in [9.17, 15) is 19.5 Å². The number of H-pyrrole nitrogens is 1. The molecule has 2 aromatic rings. The third kappa shape index (κ3) is 5.42. The van der Waals surface area contributed by atoms with Gasteiger partial charge in [0, 0.05) is 18.1 Å². The van der Waals surface area contributed by atoms with Gasteiger partial charge in [-0.3, -0.25) is 14.6 Å². The zero-order chi connectivity index (χ0) is 18.4. The smallest absolute Gasteiger partial charge is 0.273 e. The van der Waals surface area contributed by atoms with Gasteiger partial charge in [0.25, 0.3) is 5.56 Å². The van der Waals surface area contributed by atoms with Crippen LogP contribution >= 0.6 is 11.8 Å². The maximum absolute atomic E-state index is 12.0. The van der Waals surface area contributed by atoms with Crippen LogP contribution in [-0.4, -0.2) is 32.8 Å². The largest absolute Gasteiger partial charge is 0.550 e. The van der Waals surface area contributed by atoms with Crippen LogP contribution in [0.25, 0.3) is 0 Å². The summed E-state index contributed by atoms with van der Waals surface area (Å²) in [6, 6.07) is 5.64. The van der Waals surface area contributed by atoms with Gasteiger partial charge < -0.3 is 15.2 Å². The number of hydrogen-bond donors (Lipinski definition) is 2. The highest BCUT2D eigenvalue weighted by atomic mass is 32.2. The highest BCUT2D eigenvalue weighted by Crippen LogP contribution is 2.18. The molecule has 1 heterocycles. The molecule has 2 N–H and O–H groups in total. The SMILES string of the molecule is Cc1cccc(NC(=O)CSc2nnc(CCC(=O)[O-])c(=O)[nH]2)c1C. The standard InChI is InChI=1S/C16H18N4O4S/c1-9-4-3-5-11(10(9)2)17-13(21)8-25-16-18-15(24)12(19-20-16)6-7-14(22)23/h3-5H,6-8H2,1-2H3,(H,17,21)(H,22,23)(H,18,20,24)/p-1. The Labute approximate surface area is 148 Å². The van der Waals surface area contributed by atoms with Crippen LogP contribution in [0.3, 0.4) is 0 Å². The number of thioether (sulfide) groups is 1. The van der Waals surface area contributed by atoms with Crippen LogP contribution in [0.4, 0.5) is 5.69 Å². The summed E-state index contributed by atoms with van der Waals surface area (Å²) in [5.41, 5.74) is 2.31. The van der Waals surface area contributed by atoms with Gasteiger partial charge in [-0.05, 0) is 37.5 Å². The number of carbonyl (C=O) groups is 2. The number of carboxylic acids is 1. The number of amides is 1. The second kappa shape index (κ2) is 8.43. The van der Waals surface area contributed by atoms with E-state index in [0.717, 1.165) is 28.6 Å². The number of aromatic nitrogens is 3. The van der Waals surface area contributed by atoms with Crippen LogP contribution in [0.2, 0.25) is 0 Å². The summed E-state index contributed by atoms with van der Waals surface area (Å²) in [5, 5.41) is 20.9. The van der Waals surface area contributed by atoms with E-state index in [-0.39, 0.29) is 35.4 Å². The normalized spacial score (nSPS) is 10.5.